The molecular formula is C16H22O4. The summed E-state index contributed by atoms with van der Waals surface area (Å²) in [5, 5.41) is 0. The van der Waals surface area contributed by atoms with Gasteiger partial charge in [0.25, 0.3) is 0 Å². The lowest BCUT2D eigenvalue weighted by Gasteiger charge is -2.12. The average molecular weight is 278 g/mol. The fraction of sp³-hybridized carbons (Fsp3) is 0.500. The summed E-state index contributed by atoms with van der Waals surface area (Å²) in [4.78, 5) is 23.4. The molecule has 20 heavy (non-hydrogen) atoms. The molecule has 0 unspecified atom stereocenters. The lowest BCUT2D eigenvalue weighted by Crippen LogP contribution is -2.17. The van der Waals surface area contributed by atoms with E-state index >= 15 is 0 Å². The number of rotatable bonds is 6. The maximum Gasteiger partial charge on any atom is 0.310 e. The number of carbonyl (C=O) groups excluding carboxylic acids is 2. The van der Waals surface area contributed by atoms with Crippen LogP contribution in [0.4, 0.5) is 0 Å². The first-order valence-corrected chi connectivity index (χ1v) is 6.84. The lowest BCUT2D eigenvalue weighted by atomic mass is 10.0. The van der Waals surface area contributed by atoms with Crippen molar-refractivity contribution < 1.29 is 19.1 Å². The molecule has 1 aromatic carbocycles. The van der Waals surface area contributed by atoms with Crippen molar-refractivity contribution >= 4 is 11.9 Å². The van der Waals surface area contributed by atoms with Crippen LogP contribution in [-0.2, 0) is 31.9 Å². The van der Waals surface area contributed by atoms with Gasteiger partial charge in [-0.25, -0.2) is 0 Å². The van der Waals surface area contributed by atoms with E-state index in [4.69, 9.17) is 9.47 Å². The van der Waals surface area contributed by atoms with Gasteiger partial charge in [-0.15, -0.1) is 0 Å². The van der Waals surface area contributed by atoms with E-state index in [0.29, 0.717) is 0 Å². The van der Waals surface area contributed by atoms with Crippen LogP contribution in [0.2, 0.25) is 0 Å². The molecule has 1 aromatic rings. The van der Waals surface area contributed by atoms with Crippen molar-refractivity contribution in [1.82, 2.24) is 0 Å². The Kier molecular flexibility index (Phi) is 6.22. The zero-order valence-electron chi connectivity index (χ0n) is 12.5. The van der Waals surface area contributed by atoms with Crippen LogP contribution in [0.25, 0.3) is 0 Å². The molecule has 110 valence electrons. The topological polar surface area (TPSA) is 52.6 Å². The molecule has 0 aliphatic heterocycles. The Labute approximate surface area is 120 Å². The maximum absolute atomic E-state index is 11.7. The molecule has 0 aromatic heterocycles. The van der Waals surface area contributed by atoms with Gasteiger partial charge in [0.05, 0.1) is 25.0 Å². The lowest BCUT2D eigenvalue weighted by molar-refractivity contribution is -0.148. The Morgan fingerprint density at radius 1 is 0.850 bits per heavy atom. The van der Waals surface area contributed by atoms with Crippen LogP contribution in [0.1, 0.15) is 38.8 Å². The summed E-state index contributed by atoms with van der Waals surface area (Å²) in [5.74, 6) is -0.575. The minimum Gasteiger partial charge on any atom is -0.463 e. The van der Waals surface area contributed by atoms with Gasteiger partial charge in [-0.2, -0.15) is 0 Å². The molecule has 0 aliphatic carbocycles. The largest absolute Gasteiger partial charge is 0.463 e. The normalized spacial score (nSPS) is 10.7. The van der Waals surface area contributed by atoms with Gasteiger partial charge in [-0.05, 0) is 38.8 Å². The molecule has 4 heteroatoms. The molecule has 0 heterocycles. The van der Waals surface area contributed by atoms with Crippen molar-refractivity contribution in [3.05, 3.63) is 35.4 Å². The van der Waals surface area contributed by atoms with E-state index in [2.05, 4.69) is 0 Å². The van der Waals surface area contributed by atoms with Crippen LogP contribution in [0.15, 0.2) is 24.3 Å². The molecule has 0 bridgehead atoms. The van der Waals surface area contributed by atoms with Crippen LogP contribution in [0.5, 0.6) is 0 Å². The van der Waals surface area contributed by atoms with Gasteiger partial charge in [0.2, 0.25) is 0 Å². The predicted octanol–water partition coefficient (Wildman–Crippen LogP) is 2.67. The minimum absolute atomic E-state index is 0.138. The Morgan fingerprint density at radius 3 is 1.50 bits per heavy atom. The monoisotopic (exact) mass is 278 g/mol. The van der Waals surface area contributed by atoms with Gasteiger partial charge in [0.15, 0.2) is 0 Å². The quantitative estimate of drug-likeness (QED) is 0.751. The Hall–Kier alpha value is -1.84. The van der Waals surface area contributed by atoms with Crippen LogP contribution in [0.3, 0.4) is 0 Å². The van der Waals surface area contributed by atoms with Crippen LogP contribution < -0.4 is 0 Å². The van der Waals surface area contributed by atoms with Crippen LogP contribution in [0, 0.1) is 0 Å². The van der Waals surface area contributed by atoms with E-state index in [1.165, 1.54) is 0 Å². The molecule has 0 amide bonds. The molecule has 0 saturated heterocycles. The Morgan fingerprint density at radius 2 is 1.20 bits per heavy atom. The second kappa shape index (κ2) is 7.68. The fourth-order valence-corrected chi connectivity index (χ4v) is 1.82. The molecule has 0 N–H and O–H groups in total. The third-order valence-corrected chi connectivity index (χ3v) is 2.52. The molecule has 0 spiro atoms. The summed E-state index contributed by atoms with van der Waals surface area (Å²) in [6, 6.07) is 7.35. The third-order valence-electron chi connectivity index (χ3n) is 2.52. The average Bonchev–Trinajstić information content (AvgIpc) is 2.29. The van der Waals surface area contributed by atoms with Crippen molar-refractivity contribution in [3.8, 4) is 0 Å². The Balaban J connectivity index is 2.73. The highest BCUT2D eigenvalue weighted by Crippen LogP contribution is 2.12. The van der Waals surface area contributed by atoms with Gasteiger partial charge in [-0.3, -0.25) is 9.59 Å². The van der Waals surface area contributed by atoms with Crippen molar-refractivity contribution in [2.24, 2.45) is 0 Å². The molecule has 4 nitrogen and oxygen atoms in total. The van der Waals surface area contributed by atoms with E-state index in [1.807, 2.05) is 52.0 Å². The SMILES string of the molecule is CC(C)OC(=O)Cc1ccccc1CC(=O)OC(C)C. The number of carbonyl (C=O) groups is 2. The highest BCUT2D eigenvalue weighted by Gasteiger charge is 2.14. The third kappa shape index (κ3) is 5.87. The Bertz CT molecular complexity index is 420. The standard InChI is InChI=1S/C16H22O4/c1-11(2)19-15(17)9-13-7-5-6-8-14(13)10-16(18)20-12(3)4/h5-8,11-12H,9-10H2,1-4H3. The molecule has 0 aliphatic rings. The minimum atomic E-state index is -0.287. The highest BCUT2D eigenvalue weighted by atomic mass is 16.5. The number of hydrogen-bond donors (Lipinski definition) is 0. The van der Waals surface area contributed by atoms with Gasteiger partial charge >= 0.3 is 11.9 Å². The predicted molar refractivity (Wildman–Crippen MR) is 76.3 cm³/mol. The van der Waals surface area contributed by atoms with Gasteiger partial charge in [0, 0.05) is 0 Å². The second-order valence-electron chi connectivity index (χ2n) is 5.20. The van der Waals surface area contributed by atoms with E-state index < -0.39 is 0 Å². The van der Waals surface area contributed by atoms with E-state index in [-0.39, 0.29) is 37.0 Å². The maximum atomic E-state index is 11.7. The van der Waals surface area contributed by atoms with Gasteiger partial charge in [0.1, 0.15) is 0 Å². The molecule has 0 atom stereocenters. The summed E-state index contributed by atoms with van der Waals surface area (Å²) in [6.07, 6.45) is 0.0632. The van der Waals surface area contributed by atoms with Crippen molar-refractivity contribution in [2.45, 2.75) is 52.7 Å². The first kappa shape index (κ1) is 16.2. The molecular weight excluding hydrogens is 256 g/mol. The first-order chi connectivity index (χ1) is 9.38. The summed E-state index contributed by atoms with van der Waals surface area (Å²) in [7, 11) is 0. The molecule has 0 saturated carbocycles. The van der Waals surface area contributed by atoms with E-state index in [1.54, 1.807) is 0 Å². The van der Waals surface area contributed by atoms with Gasteiger partial charge in [-0.1, -0.05) is 24.3 Å². The highest BCUT2D eigenvalue weighted by molar-refractivity contribution is 5.76. The first-order valence-electron chi connectivity index (χ1n) is 6.84. The number of benzene rings is 1. The smallest absolute Gasteiger partial charge is 0.310 e. The van der Waals surface area contributed by atoms with Crippen LogP contribution >= 0.6 is 0 Å². The van der Waals surface area contributed by atoms with Crippen molar-refractivity contribution in [3.63, 3.8) is 0 Å². The summed E-state index contributed by atoms with van der Waals surface area (Å²) in [6.45, 7) is 7.24. The zero-order chi connectivity index (χ0) is 15.1. The van der Waals surface area contributed by atoms with Gasteiger partial charge < -0.3 is 9.47 Å². The van der Waals surface area contributed by atoms with E-state index in [9.17, 15) is 9.59 Å². The number of ether oxygens (including phenoxy) is 2. The molecule has 1 rings (SSSR count). The zero-order valence-corrected chi connectivity index (χ0v) is 12.5. The van der Waals surface area contributed by atoms with E-state index in [0.717, 1.165) is 11.1 Å². The van der Waals surface area contributed by atoms with Crippen molar-refractivity contribution in [2.75, 3.05) is 0 Å². The second-order valence-corrected chi connectivity index (χ2v) is 5.20. The number of esters is 2. The van der Waals surface area contributed by atoms with Crippen molar-refractivity contribution in [1.29, 1.82) is 0 Å². The summed E-state index contributed by atoms with van der Waals surface area (Å²) < 4.78 is 10.2. The fourth-order valence-electron chi connectivity index (χ4n) is 1.82. The number of hydrogen-bond acceptors (Lipinski definition) is 4. The molecule has 0 radical (unpaired) electrons. The summed E-state index contributed by atoms with van der Waals surface area (Å²) in [5.41, 5.74) is 1.61. The molecule has 0 fully saturated rings. The van der Waals surface area contributed by atoms with Crippen LogP contribution in [-0.4, -0.2) is 24.1 Å². The summed E-state index contributed by atoms with van der Waals surface area (Å²) >= 11 is 0.